The van der Waals surface area contributed by atoms with E-state index >= 15 is 0 Å². The lowest BCUT2D eigenvalue weighted by atomic mass is 10.1. The molecule has 1 aromatic rings. The first-order chi connectivity index (χ1) is 9.01. The van der Waals surface area contributed by atoms with Crippen LogP contribution >= 0.6 is 23.2 Å². The molecule has 102 valence electrons. The Hall–Kier alpha value is -1.36. The van der Waals surface area contributed by atoms with Crippen molar-refractivity contribution >= 4 is 41.0 Å². The van der Waals surface area contributed by atoms with Crippen LogP contribution in [-0.4, -0.2) is 32.6 Å². The summed E-state index contributed by atoms with van der Waals surface area (Å²) < 4.78 is 9.28. The van der Waals surface area contributed by atoms with E-state index in [-0.39, 0.29) is 17.2 Å². The molecular weight excluding hydrogens is 291 g/mol. The topological polar surface area (TPSA) is 52.6 Å². The highest BCUT2D eigenvalue weighted by molar-refractivity contribution is 6.43. The number of benzene rings is 1. The summed E-state index contributed by atoms with van der Waals surface area (Å²) in [5, 5.41) is 0.592. The Kier molecular flexibility index (Phi) is 6.02. The zero-order valence-corrected chi connectivity index (χ0v) is 11.9. The second kappa shape index (κ2) is 7.28. The van der Waals surface area contributed by atoms with Gasteiger partial charge in [0.2, 0.25) is 0 Å². The van der Waals surface area contributed by atoms with Crippen molar-refractivity contribution in [3.63, 3.8) is 0 Å². The number of carbonyl (C=O) groups is 2. The molecule has 1 aromatic carbocycles. The zero-order chi connectivity index (χ0) is 14.4. The molecule has 0 N–H and O–H groups in total. The lowest BCUT2D eigenvalue weighted by Gasteiger charge is -2.06. The summed E-state index contributed by atoms with van der Waals surface area (Å²) in [6.45, 7) is -0.223. The second-order valence-corrected chi connectivity index (χ2v) is 4.33. The van der Waals surface area contributed by atoms with Crippen molar-refractivity contribution in [2.24, 2.45) is 0 Å². The smallest absolute Gasteiger partial charge is 0.341 e. The van der Waals surface area contributed by atoms with E-state index in [4.69, 9.17) is 27.9 Å². The van der Waals surface area contributed by atoms with Gasteiger partial charge >= 0.3 is 5.97 Å². The van der Waals surface area contributed by atoms with Crippen molar-refractivity contribution in [1.82, 2.24) is 0 Å². The maximum absolute atomic E-state index is 11.8. The van der Waals surface area contributed by atoms with Crippen LogP contribution in [0.2, 0.25) is 10.0 Å². The molecule has 0 fully saturated rings. The Labute approximate surface area is 120 Å². The molecular formula is C13H12Cl2O4. The van der Waals surface area contributed by atoms with Crippen LogP contribution in [-0.2, 0) is 19.1 Å². The molecule has 0 aliphatic carbocycles. The van der Waals surface area contributed by atoms with Crippen LogP contribution in [0.1, 0.15) is 5.56 Å². The van der Waals surface area contributed by atoms with Gasteiger partial charge in [-0.3, -0.25) is 4.79 Å². The van der Waals surface area contributed by atoms with Crippen molar-refractivity contribution in [1.29, 1.82) is 0 Å². The molecule has 0 spiro atoms. The molecule has 0 atom stereocenters. The van der Waals surface area contributed by atoms with Gasteiger partial charge in [0.15, 0.2) is 5.78 Å². The highest BCUT2D eigenvalue weighted by Crippen LogP contribution is 2.27. The van der Waals surface area contributed by atoms with E-state index < -0.39 is 11.8 Å². The maximum atomic E-state index is 11.8. The van der Waals surface area contributed by atoms with Crippen LogP contribution in [0.25, 0.3) is 6.08 Å². The number of hydrogen-bond acceptors (Lipinski definition) is 4. The van der Waals surface area contributed by atoms with Gasteiger partial charge in [-0.2, -0.15) is 0 Å². The van der Waals surface area contributed by atoms with Crippen molar-refractivity contribution in [2.45, 2.75) is 0 Å². The molecule has 0 saturated carbocycles. The third-order valence-electron chi connectivity index (χ3n) is 2.26. The second-order valence-electron chi connectivity index (χ2n) is 3.55. The van der Waals surface area contributed by atoms with Gasteiger partial charge in [0.05, 0.1) is 17.2 Å². The summed E-state index contributed by atoms with van der Waals surface area (Å²) >= 11 is 11.9. The zero-order valence-electron chi connectivity index (χ0n) is 10.4. The normalized spacial score (nSPS) is 11.3. The Morgan fingerprint density at radius 2 is 1.95 bits per heavy atom. The van der Waals surface area contributed by atoms with Crippen LogP contribution in [0.5, 0.6) is 0 Å². The predicted molar refractivity (Wildman–Crippen MR) is 73.3 cm³/mol. The number of Topliss-reactive ketones (excluding diaryl/α,β-unsaturated/α-hetero) is 1. The number of esters is 1. The van der Waals surface area contributed by atoms with E-state index in [9.17, 15) is 9.59 Å². The van der Waals surface area contributed by atoms with E-state index in [1.54, 1.807) is 18.2 Å². The Bertz CT molecular complexity index is 523. The first-order valence-corrected chi connectivity index (χ1v) is 6.03. The van der Waals surface area contributed by atoms with Gasteiger partial charge in [-0.25, -0.2) is 4.79 Å². The largest absolute Gasteiger partial charge is 0.465 e. The number of ketones is 1. The summed E-state index contributed by atoms with van der Waals surface area (Å²) in [6, 6.07) is 4.91. The molecule has 0 aromatic heterocycles. The number of carbonyl (C=O) groups excluding carboxylic acids is 2. The maximum Gasteiger partial charge on any atom is 0.341 e. The molecule has 4 nitrogen and oxygen atoms in total. The fourth-order valence-corrected chi connectivity index (χ4v) is 1.72. The minimum atomic E-state index is -0.752. The van der Waals surface area contributed by atoms with E-state index in [1.165, 1.54) is 20.3 Å². The van der Waals surface area contributed by atoms with Gasteiger partial charge in [0.25, 0.3) is 0 Å². The molecule has 0 aliphatic rings. The fourth-order valence-electron chi connectivity index (χ4n) is 1.36. The third-order valence-corrected chi connectivity index (χ3v) is 3.10. The number of halogens is 2. The molecule has 1 rings (SSSR count). The quantitative estimate of drug-likeness (QED) is 0.363. The van der Waals surface area contributed by atoms with Gasteiger partial charge in [-0.1, -0.05) is 35.3 Å². The standard InChI is InChI=1S/C13H12Cl2O4/c1-18-7-11(16)9(13(17)19-2)6-8-4-3-5-10(14)12(8)15/h3-6H,7H2,1-2H3. The first-order valence-electron chi connectivity index (χ1n) is 5.27. The SMILES string of the molecule is COCC(=O)C(=Cc1cccc(Cl)c1Cl)C(=O)OC. The molecule has 0 bridgehead atoms. The minimum absolute atomic E-state index is 0.145. The van der Waals surface area contributed by atoms with Crippen LogP contribution in [0.4, 0.5) is 0 Å². The molecule has 6 heteroatoms. The summed E-state index contributed by atoms with van der Waals surface area (Å²) in [6.07, 6.45) is 1.33. The fraction of sp³-hybridized carbons (Fsp3) is 0.231. The molecule has 0 unspecified atom stereocenters. The van der Waals surface area contributed by atoms with Gasteiger partial charge in [0.1, 0.15) is 12.2 Å². The van der Waals surface area contributed by atoms with Crippen molar-refractivity contribution in [2.75, 3.05) is 20.8 Å². The van der Waals surface area contributed by atoms with Crippen molar-refractivity contribution in [3.8, 4) is 0 Å². The monoisotopic (exact) mass is 302 g/mol. The minimum Gasteiger partial charge on any atom is -0.465 e. The highest BCUT2D eigenvalue weighted by atomic mass is 35.5. The summed E-state index contributed by atoms with van der Waals surface area (Å²) in [4.78, 5) is 23.4. The van der Waals surface area contributed by atoms with Crippen molar-refractivity contribution < 1.29 is 19.1 Å². The average Bonchev–Trinajstić information content (AvgIpc) is 2.39. The van der Waals surface area contributed by atoms with E-state index in [0.717, 1.165) is 0 Å². The number of rotatable bonds is 5. The van der Waals surface area contributed by atoms with Crippen molar-refractivity contribution in [3.05, 3.63) is 39.4 Å². The lowest BCUT2D eigenvalue weighted by molar-refractivity contribution is -0.138. The van der Waals surface area contributed by atoms with E-state index in [1.807, 2.05) is 0 Å². The molecule has 0 radical (unpaired) electrons. The van der Waals surface area contributed by atoms with E-state index in [0.29, 0.717) is 10.6 Å². The molecule has 0 heterocycles. The summed E-state index contributed by atoms with van der Waals surface area (Å²) in [7, 11) is 2.55. The Morgan fingerprint density at radius 3 is 2.53 bits per heavy atom. The van der Waals surface area contributed by atoms with E-state index in [2.05, 4.69) is 4.74 Å². The summed E-state index contributed by atoms with van der Waals surface area (Å²) in [5.74, 6) is -1.25. The van der Waals surface area contributed by atoms with Gasteiger partial charge in [-0.05, 0) is 17.7 Å². The number of ether oxygens (including phenoxy) is 2. The number of hydrogen-bond donors (Lipinski definition) is 0. The Morgan fingerprint density at radius 1 is 1.26 bits per heavy atom. The number of methoxy groups -OCH3 is 2. The Balaban J connectivity index is 3.23. The lowest BCUT2D eigenvalue weighted by Crippen LogP contribution is -2.18. The van der Waals surface area contributed by atoms with Gasteiger partial charge in [0, 0.05) is 7.11 Å². The molecule has 19 heavy (non-hydrogen) atoms. The van der Waals surface area contributed by atoms with Gasteiger partial charge in [-0.15, -0.1) is 0 Å². The van der Waals surface area contributed by atoms with Crippen LogP contribution in [0.3, 0.4) is 0 Å². The van der Waals surface area contributed by atoms with Crippen LogP contribution in [0, 0.1) is 0 Å². The highest BCUT2D eigenvalue weighted by Gasteiger charge is 2.19. The average molecular weight is 303 g/mol. The summed E-state index contributed by atoms with van der Waals surface area (Å²) in [5.41, 5.74) is 0.313. The van der Waals surface area contributed by atoms with Crippen LogP contribution < -0.4 is 0 Å². The third kappa shape index (κ3) is 4.06. The molecule has 0 aliphatic heterocycles. The first kappa shape index (κ1) is 15.7. The van der Waals surface area contributed by atoms with Crippen LogP contribution in [0.15, 0.2) is 23.8 Å². The molecule has 0 amide bonds. The molecule has 0 saturated heterocycles. The van der Waals surface area contributed by atoms with Gasteiger partial charge < -0.3 is 9.47 Å². The predicted octanol–water partition coefficient (Wildman–Crippen LogP) is 2.77.